The predicted octanol–water partition coefficient (Wildman–Crippen LogP) is 4.99. The molecule has 3 aromatic rings. The number of carbonyl (C=O) groups excluding carboxylic acids is 1. The molecule has 0 fully saturated rings. The predicted molar refractivity (Wildman–Crippen MR) is 90.1 cm³/mol. The summed E-state index contributed by atoms with van der Waals surface area (Å²) in [5.41, 5.74) is 2.15. The Bertz CT molecular complexity index is 815. The Morgan fingerprint density at radius 3 is 2.57 bits per heavy atom. The Morgan fingerprint density at radius 1 is 1.13 bits per heavy atom. The molecule has 0 saturated heterocycles. The number of nitrogens with one attached hydrogen (secondary N) is 2. The monoisotopic (exact) mass is 347 g/mol. The number of aromatic nitrogens is 2. The molecule has 1 amide bonds. The summed E-state index contributed by atoms with van der Waals surface area (Å²) < 4.78 is 5.10. The average Bonchev–Trinajstić information content (AvgIpc) is 2.99. The summed E-state index contributed by atoms with van der Waals surface area (Å²) in [6.07, 6.45) is 2.26. The van der Waals surface area contributed by atoms with Gasteiger partial charge in [0.05, 0.1) is 18.1 Å². The van der Waals surface area contributed by atoms with Crippen LogP contribution in [-0.2, 0) is 0 Å². The molecule has 0 aliphatic rings. The van der Waals surface area contributed by atoms with Crippen LogP contribution in [0.4, 0.5) is 10.5 Å². The lowest BCUT2D eigenvalue weighted by atomic mass is 10.0. The van der Waals surface area contributed by atoms with Crippen LogP contribution in [0, 0.1) is 0 Å². The van der Waals surface area contributed by atoms with Gasteiger partial charge in [0, 0.05) is 15.6 Å². The number of carbonyl (C=O) groups is 1. The number of hydrogen-bond acceptors (Lipinski definition) is 3. The van der Waals surface area contributed by atoms with Gasteiger partial charge < -0.3 is 4.74 Å². The summed E-state index contributed by atoms with van der Waals surface area (Å²) in [4.78, 5) is 12.0. The van der Waals surface area contributed by atoms with Gasteiger partial charge in [0.1, 0.15) is 0 Å². The van der Waals surface area contributed by atoms with E-state index in [1.807, 2.05) is 18.2 Å². The zero-order valence-corrected chi connectivity index (χ0v) is 13.2. The molecule has 0 aliphatic carbocycles. The highest BCUT2D eigenvalue weighted by Crippen LogP contribution is 2.32. The lowest BCUT2D eigenvalue weighted by molar-refractivity contribution is 0.215. The van der Waals surface area contributed by atoms with Gasteiger partial charge in [-0.05, 0) is 29.8 Å². The number of nitrogens with zero attached hydrogens (tertiary/aromatic N) is 1. The maximum atomic E-state index is 12.0. The maximum Gasteiger partial charge on any atom is 0.417 e. The third-order valence-electron chi connectivity index (χ3n) is 3.02. The number of anilines is 1. The molecular formula is C16H11Cl2N3O2. The minimum Gasteiger partial charge on any atom is -0.407 e. The van der Waals surface area contributed by atoms with Gasteiger partial charge in [-0.25, -0.2) is 4.79 Å². The largest absolute Gasteiger partial charge is 0.417 e. The molecule has 0 spiro atoms. The van der Waals surface area contributed by atoms with Crippen molar-refractivity contribution >= 4 is 35.0 Å². The number of amides is 1. The average molecular weight is 348 g/mol. The molecule has 0 atom stereocenters. The van der Waals surface area contributed by atoms with Crippen molar-refractivity contribution in [3.63, 3.8) is 0 Å². The number of halogens is 2. The second-order valence-corrected chi connectivity index (χ2v) is 5.53. The van der Waals surface area contributed by atoms with E-state index in [0.29, 0.717) is 21.5 Å². The number of rotatable bonds is 3. The fourth-order valence-corrected chi connectivity index (χ4v) is 2.62. The molecule has 116 valence electrons. The normalized spacial score (nSPS) is 10.3. The second-order valence-electron chi connectivity index (χ2n) is 4.65. The lowest BCUT2D eigenvalue weighted by Gasteiger charge is -2.11. The SMILES string of the molecule is O=C(Nc1ccccc1-c1cc(Cl)cc(Cl)c1)Oc1cn[nH]c1. The van der Waals surface area contributed by atoms with Crippen molar-refractivity contribution in [2.45, 2.75) is 0 Å². The topological polar surface area (TPSA) is 67.0 Å². The first kappa shape index (κ1) is 15.4. The van der Waals surface area contributed by atoms with E-state index in [9.17, 15) is 4.79 Å². The number of H-pyrrole nitrogens is 1. The molecule has 0 saturated carbocycles. The molecule has 2 N–H and O–H groups in total. The Balaban J connectivity index is 1.87. The molecule has 0 radical (unpaired) electrons. The van der Waals surface area contributed by atoms with E-state index >= 15 is 0 Å². The minimum atomic E-state index is -0.619. The molecular weight excluding hydrogens is 337 g/mol. The van der Waals surface area contributed by atoms with Gasteiger partial charge in [-0.2, -0.15) is 5.10 Å². The molecule has 0 unspecified atom stereocenters. The van der Waals surface area contributed by atoms with Crippen LogP contribution < -0.4 is 10.1 Å². The summed E-state index contributed by atoms with van der Waals surface area (Å²) in [7, 11) is 0. The van der Waals surface area contributed by atoms with E-state index in [-0.39, 0.29) is 0 Å². The first-order valence-electron chi connectivity index (χ1n) is 6.65. The van der Waals surface area contributed by atoms with Crippen molar-refractivity contribution in [2.75, 3.05) is 5.32 Å². The van der Waals surface area contributed by atoms with E-state index in [1.54, 1.807) is 24.3 Å². The summed E-state index contributed by atoms with van der Waals surface area (Å²) >= 11 is 12.1. The van der Waals surface area contributed by atoms with Crippen LogP contribution in [0.5, 0.6) is 5.75 Å². The van der Waals surface area contributed by atoms with Crippen molar-refractivity contribution in [3.05, 3.63) is 64.9 Å². The zero-order chi connectivity index (χ0) is 16.2. The van der Waals surface area contributed by atoms with Gasteiger partial charge in [-0.3, -0.25) is 10.4 Å². The van der Waals surface area contributed by atoms with Crippen LogP contribution in [-0.4, -0.2) is 16.3 Å². The Labute approximate surface area is 142 Å². The fourth-order valence-electron chi connectivity index (χ4n) is 2.09. The first-order chi connectivity index (χ1) is 11.1. The maximum absolute atomic E-state index is 12.0. The molecule has 23 heavy (non-hydrogen) atoms. The molecule has 1 aromatic heterocycles. The molecule has 0 bridgehead atoms. The smallest absolute Gasteiger partial charge is 0.407 e. The number of para-hydroxylation sites is 1. The Morgan fingerprint density at radius 2 is 1.87 bits per heavy atom. The number of hydrogen-bond donors (Lipinski definition) is 2. The van der Waals surface area contributed by atoms with Crippen LogP contribution in [0.25, 0.3) is 11.1 Å². The zero-order valence-electron chi connectivity index (χ0n) is 11.7. The fraction of sp³-hybridized carbons (Fsp3) is 0. The number of ether oxygens (including phenoxy) is 1. The van der Waals surface area contributed by atoms with E-state index in [1.165, 1.54) is 12.4 Å². The van der Waals surface area contributed by atoms with Crippen LogP contribution in [0.1, 0.15) is 0 Å². The van der Waals surface area contributed by atoms with Gasteiger partial charge in [0.25, 0.3) is 0 Å². The lowest BCUT2D eigenvalue weighted by Crippen LogP contribution is -2.16. The number of aromatic amines is 1. The third kappa shape index (κ3) is 3.83. The van der Waals surface area contributed by atoms with Gasteiger partial charge in [0.2, 0.25) is 0 Å². The van der Waals surface area contributed by atoms with Gasteiger partial charge in [0.15, 0.2) is 5.75 Å². The summed E-state index contributed by atoms with van der Waals surface area (Å²) in [5.74, 6) is 0.325. The molecule has 5 nitrogen and oxygen atoms in total. The van der Waals surface area contributed by atoms with E-state index < -0.39 is 6.09 Å². The molecule has 2 aromatic carbocycles. The first-order valence-corrected chi connectivity index (χ1v) is 7.40. The number of benzene rings is 2. The van der Waals surface area contributed by atoms with E-state index in [4.69, 9.17) is 27.9 Å². The van der Waals surface area contributed by atoms with E-state index in [0.717, 1.165) is 11.1 Å². The molecule has 1 heterocycles. The highest BCUT2D eigenvalue weighted by atomic mass is 35.5. The molecule has 3 rings (SSSR count). The van der Waals surface area contributed by atoms with Crippen molar-refractivity contribution < 1.29 is 9.53 Å². The second kappa shape index (κ2) is 6.73. The molecule has 7 heteroatoms. The van der Waals surface area contributed by atoms with Crippen molar-refractivity contribution in [1.82, 2.24) is 10.2 Å². The summed E-state index contributed by atoms with van der Waals surface area (Å²) in [6, 6.07) is 12.5. The Hall–Kier alpha value is -2.50. The van der Waals surface area contributed by atoms with Gasteiger partial charge in [-0.1, -0.05) is 41.4 Å². The van der Waals surface area contributed by atoms with Crippen molar-refractivity contribution in [3.8, 4) is 16.9 Å². The highest BCUT2D eigenvalue weighted by molar-refractivity contribution is 6.35. The quantitative estimate of drug-likeness (QED) is 0.700. The van der Waals surface area contributed by atoms with Crippen molar-refractivity contribution in [1.29, 1.82) is 0 Å². The van der Waals surface area contributed by atoms with Crippen LogP contribution in [0.15, 0.2) is 54.9 Å². The summed E-state index contributed by atoms with van der Waals surface area (Å²) in [6.45, 7) is 0. The minimum absolute atomic E-state index is 0.325. The van der Waals surface area contributed by atoms with E-state index in [2.05, 4.69) is 15.5 Å². The van der Waals surface area contributed by atoms with Crippen molar-refractivity contribution in [2.24, 2.45) is 0 Å². The third-order valence-corrected chi connectivity index (χ3v) is 3.46. The highest BCUT2D eigenvalue weighted by Gasteiger charge is 2.11. The van der Waals surface area contributed by atoms with Crippen LogP contribution in [0.2, 0.25) is 10.0 Å². The van der Waals surface area contributed by atoms with Crippen LogP contribution >= 0.6 is 23.2 Å². The standard InChI is InChI=1S/C16H11Cl2N3O2/c17-11-5-10(6-12(18)7-11)14-3-1-2-4-15(14)21-16(22)23-13-8-19-20-9-13/h1-9H,(H,19,20)(H,21,22). The Kier molecular flexibility index (Phi) is 4.50. The van der Waals surface area contributed by atoms with Crippen LogP contribution in [0.3, 0.4) is 0 Å². The van der Waals surface area contributed by atoms with Gasteiger partial charge >= 0.3 is 6.09 Å². The van der Waals surface area contributed by atoms with Gasteiger partial charge in [-0.15, -0.1) is 0 Å². The summed E-state index contributed by atoms with van der Waals surface area (Å²) in [5, 5.41) is 10.0. The molecule has 0 aliphatic heterocycles.